The van der Waals surface area contributed by atoms with Crippen LogP contribution in [0.25, 0.3) is 0 Å². The highest BCUT2D eigenvalue weighted by Gasteiger charge is 2.38. The van der Waals surface area contributed by atoms with E-state index in [1.54, 1.807) is 12.1 Å². The van der Waals surface area contributed by atoms with Gasteiger partial charge >= 0.3 is 6.18 Å². The Kier molecular flexibility index (Phi) is 5.98. The Hall–Kier alpha value is -3.24. The van der Waals surface area contributed by atoms with Crippen LogP contribution in [-0.2, 0) is 21.0 Å². The van der Waals surface area contributed by atoms with Crippen LogP contribution in [-0.4, -0.2) is 27.0 Å². The van der Waals surface area contributed by atoms with Gasteiger partial charge in [0.05, 0.1) is 22.7 Å². The van der Waals surface area contributed by atoms with E-state index in [0.717, 1.165) is 22.5 Å². The average molecular weight is 497 g/mol. The SMILES string of the molecule is O=C(Nc1cccc(C(F)(F)F)c1)C1CN(S(=O)(=O)c2ccc(Cl)cc2)c2ccccc2O1. The molecule has 1 aliphatic rings. The zero-order valence-electron chi connectivity index (χ0n) is 16.7. The molecule has 172 valence electrons. The van der Waals surface area contributed by atoms with Crippen molar-refractivity contribution in [1.82, 2.24) is 0 Å². The van der Waals surface area contributed by atoms with Crippen molar-refractivity contribution in [1.29, 1.82) is 0 Å². The summed E-state index contributed by atoms with van der Waals surface area (Å²) in [7, 11) is -4.09. The number of benzene rings is 3. The summed E-state index contributed by atoms with van der Waals surface area (Å²) in [4.78, 5) is 12.8. The predicted molar refractivity (Wildman–Crippen MR) is 117 cm³/mol. The third-order valence-corrected chi connectivity index (χ3v) is 6.93. The molecule has 0 radical (unpaired) electrons. The molecule has 0 saturated carbocycles. The summed E-state index contributed by atoms with van der Waals surface area (Å²) in [5, 5.41) is 2.73. The molecule has 0 saturated heterocycles. The van der Waals surface area contributed by atoms with E-state index in [0.29, 0.717) is 5.02 Å². The van der Waals surface area contributed by atoms with Crippen LogP contribution in [0.15, 0.2) is 77.7 Å². The number of halogens is 4. The van der Waals surface area contributed by atoms with E-state index in [9.17, 15) is 26.4 Å². The lowest BCUT2D eigenvalue weighted by Crippen LogP contribution is -2.48. The molecular formula is C22H16ClF3N2O4S. The highest BCUT2D eigenvalue weighted by Crippen LogP contribution is 2.37. The van der Waals surface area contributed by atoms with E-state index in [4.69, 9.17) is 16.3 Å². The second kappa shape index (κ2) is 8.60. The summed E-state index contributed by atoms with van der Waals surface area (Å²) in [5.41, 5.74) is -0.790. The van der Waals surface area contributed by atoms with Crippen LogP contribution in [0.1, 0.15) is 5.56 Å². The molecule has 33 heavy (non-hydrogen) atoms. The fourth-order valence-electron chi connectivity index (χ4n) is 3.30. The number of fused-ring (bicyclic) bond motifs is 1. The monoisotopic (exact) mass is 496 g/mol. The number of sulfonamides is 1. The van der Waals surface area contributed by atoms with Crippen LogP contribution in [0.4, 0.5) is 24.5 Å². The van der Waals surface area contributed by atoms with Crippen LogP contribution < -0.4 is 14.4 Å². The number of ether oxygens (including phenoxy) is 1. The van der Waals surface area contributed by atoms with Crippen LogP contribution in [0.2, 0.25) is 5.02 Å². The third-order valence-electron chi connectivity index (χ3n) is 4.89. The van der Waals surface area contributed by atoms with Gasteiger partial charge in [-0.2, -0.15) is 13.2 Å². The Labute approximate surface area is 192 Å². The molecule has 1 aliphatic heterocycles. The number of rotatable bonds is 4. The lowest BCUT2D eigenvalue weighted by atomic mass is 10.1. The van der Waals surface area contributed by atoms with Crippen molar-refractivity contribution in [3.8, 4) is 5.75 Å². The number of carbonyl (C=O) groups excluding carboxylic acids is 1. The summed E-state index contributed by atoms with van der Waals surface area (Å²) in [5.74, 6) is -0.648. The molecule has 3 aromatic rings. The topological polar surface area (TPSA) is 75.7 Å². The Morgan fingerprint density at radius 3 is 2.42 bits per heavy atom. The number of nitrogens with one attached hydrogen (secondary N) is 1. The number of hydrogen-bond acceptors (Lipinski definition) is 4. The number of nitrogens with zero attached hydrogens (tertiary/aromatic N) is 1. The highest BCUT2D eigenvalue weighted by molar-refractivity contribution is 7.92. The maximum atomic E-state index is 13.3. The minimum atomic E-state index is -4.58. The summed E-state index contributed by atoms with van der Waals surface area (Å²) in [6.45, 7) is -0.382. The number of para-hydroxylation sites is 2. The zero-order valence-corrected chi connectivity index (χ0v) is 18.3. The first-order valence-corrected chi connectivity index (χ1v) is 11.4. The first-order valence-electron chi connectivity index (χ1n) is 9.58. The summed E-state index contributed by atoms with van der Waals surface area (Å²) >= 11 is 5.86. The summed E-state index contributed by atoms with van der Waals surface area (Å²) < 4.78 is 72.3. The first-order chi connectivity index (χ1) is 15.6. The second-order valence-corrected chi connectivity index (χ2v) is 9.43. The maximum Gasteiger partial charge on any atom is 0.416 e. The van der Waals surface area contributed by atoms with E-state index < -0.39 is 33.8 Å². The van der Waals surface area contributed by atoms with E-state index in [2.05, 4.69) is 5.32 Å². The van der Waals surface area contributed by atoms with Gasteiger partial charge in [0.25, 0.3) is 15.9 Å². The molecule has 11 heteroatoms. The second-order valence-electron chi connectivity index (χ2n) is 7.13. The van der Waals surface area contributed by atoms with Gasteiger partial charge in [-0.1, -0.05) is 29.8 Å². The molecule has 1 unspecified atom stereocenters. The van der Waals surface area contributed by atoms with Gasteiger partial charge in [-0.25, -0.2) is 8.42 Å². The van der Waals surface area contributed by atoms with Gasteiger partial charge in [-0.05, 0) is 54.6 Å². The Morgan fingerprint density at radius 2 is 1.73 bits per heavy atom. The highest BCUT2D eigenvalue weighted by atomic mass is 35.5. The van der Waals surface area contributed by atoms with E-state index in [-0.39, 0.29) is 28.6 Å². The van der Waals surface area contributed by atoms with Gasteiger partial charge in [0, 0.05) is 10.7 Å². The largest absolute Gasteiger partial charge is 0.476 e. The van der Waals surface area contributed by atoms with Crippen LogP contribution >= 0.6 is 11.6 Å². The van der Waals surface area contributed by atoms with E-state index in [1.165, 1.54) is 42.5 Å². The van der Waals surface area contributed by atoms with Gasteiger partial charge in [-0.15, -0.1) is 0 Å². The molecular weight excluding hydrogens is 481 g/mol. The molecule has 3 aromatic carbocycles. The molecule has 1 amide bonds. The molecule has 1 atom stereocenters. The number of carbonyl (C=O) groups is 1. The smallest absolute Gasteiger partial charge is 0.416 e. The summed E-state index contributed by atoms with van der Waals surface area (Å²) in [6, 6.07) is 15.9. The van der Waals surface area contributed by atoms with Crippen molar-refractivity contribution < 1.29 is 31.1 Å². The third kappa shape index (κ3) is 4.76. The van der Waals surface area contributed by atoms with Gasteiger partial charge in [-0.3, -0.25) is 9.10 Å². The standard InChI is InChI=1S/C22H16ClF3N2O4S/c23-15-8-10-17(11-9-15)33(30,31)28-13-20(32-19-7-2-1-6-18(19)28)21(29)27-16-5-3-4-14(12-16)22(24,25)26/h1-12,20H,13H2,(H,27,29). The molecule has 0 bridgehead atoms. The molecule has 6 nitrogen and oxygen atoms in total. The van der Waals surface area contributed by atoms with Crippen molar-refractivity contribution in [3.63, 3.8) is 0 Å². The van der Waals surface area contributed by atoms with Crippen molar-refractivity contribution in [3.05, 3.63) is 83.4 Å². The van der Waals surface area contributed by atoms with Crippen molar-refractivity contribution in [2.75, 3.05) is 16.2 Å². The molecule has 0 aromatic heterocycles. The molecule has 4 rings (SSSR count). The van der Waals surface area contributed by atoms with E-state index in [1.807, 2.05) is 0 Å². The predicted octanol–water partition coefficient (Wildman–Crippen LogP) is 4.95. The number of hydrogen-bond donors (Lipinski definition) is 1. The van der Waals surface area contributed by atoms with Gasteiger partial charge < -0.3 is 10.1 Å². The van der Waals surface area contributed by atoms with Gasteiger partial charge in [0.15, 0.2) is 6.10 Å². The van der Waals surface area contributed by atoms with Crippen molar-refractivity contribution in [2.24, 2.45) is 0 Å². The average Bonchev–Trinajstić information content (AvgIpc) is 2.78. The molecule has 0 spiro atoms. The van der Waals surface area contributed by atoms with Crippen LogP contribution in [0, 0.1) is 0 Å². The number of amides is 1. The lowest BCUT2D eigenvalue weighted by Gasteiger charge is -2.34. The normalized spacial score (nSPS) is 16.0. The van der Waals surface area contributed by atoms with E-state index >= 15 is 0 Å². The van der Waals surface area contributed by atoms with Crippen molar-refractivity contribution in [2.45, 2.75) is 17.2 Å². The Balaban J connectivity index is 1.64. The van der Waals surface area contributed by atoms with Crippen LogP contribution in [0.3, 0.4) is 0 Å². The van der Waals surface area contributed by atoms with Crippen LogP contribution in [0.5, 0.6) is 5.75 Å². The quantitative estimate of drug-likeness (QED) is 0.554. The molecule has 1 heterocycles. The Bertz CT molecular complexity index is 1300. The Morgan fingerprint density at radius 1 is 1.03 bits per heavy atom. The molecule has 0 fully saturated rings. The molecule has 0 aliphatic carbocycles. The first kappa shape index (κ1) is 22.9. The van der Waals surface area contributed by atoms with Gasteiger partial charge in [0.1, 0.15) is 5.75 Å². The fraction of sp³-hybridized carbons (Fsp3) is 0.136. The molecule has 1 N–H and O–H groups in total. The van der Waals surface area contributed by atoms with Crippen molar-refractivity contribution >= 4 is 38.9 Å². The zero-order chi connectivity index (χ0) is 23.8. The summed E-state index contributed by atoms with van der Waals surface area (Å²) in [6.07, 6.45) is -5.89. The number of anilines is 2. The minimum absolute atomic E-state index is 0.0411. The lowest BCUT2D eigenvalue weighted by molar-refractivity contribution is -0.137. The maximum absolute atomic E-state index is 13.3. The minimum Gasteiger partial charge on any atom is -0.476 e. The van der Waals surface area contributed by atoms with Gasteiger partial charge in [0.2, 0.25) is 0 Å². The fourth-order valence-corrected chi connectivity index (χ4v) is 4.90. The number of alkyl halides is 3.